The predicted octanol–water partition coefficient (Wildman–Crippen LogP) is 3.03. The summed E-state index contributed by atoms with van der Waals surface area (Å²) >= 11 is 0. The molecule has 0 bridgehead atoms. The van der Waals surface area contributed by atoms with Gasteiger partial charge in [-0.15, -0.1) is 0 Å². The summed E-state index contributed by atoms with van der Waals surface area (Å²) < 4.78 is 30.5. The lowest BCUT2D eigenvalue weighted by atomic mass is 10.1. The van der Waals surface area contributed by atoms with Crippen molar-refractivity contribution in [3.63, 3.8) is 0 Å². The number of nitrogens with zero attached hydrogens (tertiary/aromatic N) is 2. The third-order valence-corrected chi connectivity index (χ3v) is 4.69. The topological polar surface area (TPSA) is 61.2 Å². The molecule has 0 N–H and O–H groups in total. The highest BCUT2D eigenvalue weighted by molar-refractivity contribution is 8.13. The van der Waals surface area contributed by atoms with Crippen molar-refractivity contribution in [1.82, 2.24) is 9.78 Å². The van der Waals surface area contributed by atoms with Crippen molar-refractivity contribution >= 4 is 19.7 Å². The summed E-state index contributed by atoms with van der Waals surface area (Å²) in [4.78, 5) is 0.148. The van der Waals surface area contributed by atoms with Crippen LogP contribution in [0.5, 0.6) is 5.75 Å². The van der Waals surface area contributed by atoms with E-state index in [1.54, 1.807) is 32.2 Å². The van der Waals surface area contributed by atoms with Crippen molar-refractivity contribution < 1.29 is 13.2 Å². The van der Waals surface area contributed by atoms with Crippen LogP contribution in [0.15, 0.2) is 29.4 Å². The summed E-state index contributed by atoms with van der Waals surface area (Å²) in [7, 11) is 1.69. The minimum atomic E-state index is -3.74. The van der Waals surface area contributed by atoms with E-state index >= 15 is 0 Å². The lowest BCUT2D eigenvalue weighted by Crippen LogP contribution is -2.01. The van der Waals surface area contributed by atoms with Gasteiger partial charge in [0.2, 0.25) is 0 Å². The van der Waals surface area contributed by atoms with Crippen LogP contribution in [0.2, 0.25) is 0 Å². The third-order valence-electron chi connectivity index (χ3n) is 3.09. The first-order chi connectivity index (χ1) is 9.81. The Morgan fingerprint density at radius 3 is 2.38 bits per heavy atom. The summed E-state index contributed by atoms with van der Waals surface area (Å²) in [6, 6.07) is 3.35. The summed E-state index contributed by atoms with van der Waals surface area (Å²) in [6.07, 6.45) is 3.66. The number of aromatic nitrogens is 2. The molecule has 7 heteroatoms. The zero-order valence-corrected chi connectivity index (χ0v) is 13.7. The second-order valence-corrected chi connectivity index (χ2v) is 7.32. The van der Waals surface area contributed by atoms with Gasteiger partial charge in [-0.2, -0.15) is 5.10 Å². The van der Waals surface area contributed by atoms with Crippen LogP contribution < -0.4 is 4.74 Å². The van der Waals surface area contributed by atoms with Crippen LogP contribution in [0.25, 0.3) is 0 Å². The Balaban J connectivity index is 2.18. The average Bonchev–Trinajstić information content (AvgIpc) is 2.81. The first-order valence-corrected chi connectivity index (χ1v) is 8.82. The minimum absolute atomic E-state index is 0.148. The van der Waals surface area contributed by atoms with Crippen LogP contribution in [0, 0.1) is 13.8 Å². The van der Waals surface area contributed by atoms with Crippen LogP contribution >= 0.6 is 10.7 Å². The maximum Gasteiger partial charge on any atom is 0.261 e. The number of ether oxygens (including phenoxy) is 1. The zero-order valence-electron chi connectivity index (χ0n) is 12.1. The highest BCUT2D eigenvalue weighted by atomic mass is 35.7. The normalized spacial score (nSPS) is 11.6. The van der Waals surface area contributed by atoms with Crippen LogP contribution in [0.1, 0.15) is 23.6 Å². The number of hydrogen-bond acceptors (Lipinski definition) is 4. The number of halogens is 1. The van der Waals surface area contributed by atoms with Crippen LogP contribution in [-0.2, 0) is 22.2 Å². The Kier molecular flexibility index (Phi) is 4.58. The van der Waals surface area contributed by atoms with Gasteiger partial charge in [0.1, 0.15) is 12.4 Å². The summed E-state index contributed by atoms with van der Waals surface area (Å²) in [5.74, 6) is 0.610. The molecule has 2 aromatic rings. The number of rotatable bonds is 5. The molecule has 0 radical (unpaired) electrons. The van der Waals surface area contributed by atoms with E-state index < -0.39 is 9.05 Å². The number of hydrogen-bond donors (Lipinski definition) is 0. The molecule has 0 aliphatic heterocycles. The van der Waals surface area contributed by atoms with Crippen molar-refractivity contribution in [3.8, 4) is 5.75 Å². The lowest BCUT2D eigenvalue weighted by molar-refractivity contribution is 0.305. The van der Waals surface area contributed by atoms with Gasteiger partial charge in [0.25, 0.3) is 9.05 Å². The Morgan fingerprint density at radius 2 is 1.90 bits per heavy atom. The van der Waals surface area contributed by atoms with Crippen LogP contribution in [-0.4, -0.2) is 18.2 Å². The molecular formula is C14H17ClN2O3S. The Bertz CT molecular complexity index is 730. The lowest BCUT2D eigenvalue weighted by Gasteiger charge is -2.11. The molecule has 114 valence electrons. The summed E-state index contributed by atoms with van der Waals surface area (Å²) in [6.45, 7) is 6.59. The maximum absolute atomic E-state index is 11.5. The van der Waals surface area contributed by atoms with Gasteiger partial charge in [-0.05, 0) is 44.0 Å². The molecule has 1 aromatic carbocycles. The Hall–Kier alpha value is -1.53. The molecule has 1 aromatic heterocycles. The third kappa shape index (κ3) is 3.77. The summed E-state index contributed by atoms with van der Waals surface area (Å²) in [5, 5.41) is 4.17. The second kappa shape index (κ2) is 6.07. The molecule has 0 spiro atoms. The molecule has 0 fully saturated rings. The Labute approximate surface area is 128 Å². The van der Waals surface area contributed by atoms with Crippen molar-refractivity contribution in [2.24, 2.45) is 0 Å². The molecule has 0 saturated heterocycles. The minimum Gasteiger partial charge on any atom is -0.489 e. The molecule has 0 unspecified atom stereocenters. The van der Waals surface area contributed by atoms with E-state index in [2.05, 4.69) is 5.10 Å². The first-order valence-electron chi connectivity index (χ1n) is 6.51. The largest absolute Gasteiger partial charge is 0.489 e. The molecule has 21 heavy (non-hydrogen) atoms. The van der Waals surface area contributed by atoms with Crippen molar-refractivity contribution in [2.75, 3.05) is 0 Å². The monoisotopic (exact) mass is 328 g/mol. The molecule has 0 aliphatic rings. The van der Waals surface area contributed by atoms with Gasteiger partial charge in [0.15, 0.2) is 0 Å². The zero-order chi connectivity index (χ0) is 15.6. The van der Waals surface area contributed by atoms with E-state index in [1.165, 1.54) is 0 Å². The van der Waals surface area contributed by atoms with Gasteiger partial charge in [0.05, 0.1) is 11.1 Å². The van der Waals surface area contributed by atoms with Gasteiger partial charge in [-0.25, -0.2) is 8.42 Å². The van der Waals surface area contributed by atoms with Crippen molar-refractivity contribution in [2.45, 2.75) is 38.8 Å². The van der Waals surface area contributed by atoms with Crippen LogP contribution in [0.3, 0.4) is 0 Å². The molecule has 0 amide bonds. The van der Waals surface area contributed by atoms with Gasteiger partial charge >= 0.3 is 0 Å². The van der Waals surface area contributed by atoms with Crippen LogP contribution in [0.4, 0.5) is 0 Å². The standard InChI is InChI=1S/C14H17ClN2O3S/c1-4-17-8-12(7-16-17)9-20-13-5-10(2)14(11(3)6-13)21(15,18)19/h5-8H,4,9H2,1-3H3. The van der Waals surface area contributed by atoms with Gasteiger partial charge in [-0.3, -0.25) is 4.68 Å². The van der Waals surface area contributed by atoms with E-state index in [9.17, 15) is 8.42 Å². The predicted molar refractivity (Wildman–Crippen MR) is 81.2 cm³/mol. The van der Waals surface area contributed by atoms with E-state index in [1.807, 2.05) is 17.8 Å². The molecular weight excluding hydrogens is 312 g/mol. The fourth-order valence-corrected chi connectivity index (χ4v) is 3.82. The van der Waals surface area contributed by atoms with Gasteiger partial charge < -0.3 is 4.74 Å². The highest BCUT2D eigenvalue weighted by Gasteiger charge is 2.17. The number of aryl methyl sites for hydroxylation is 3. The molecule has 2 rings (SSSR count). The molecule has 0 aliphatic carbocycles. The SMILES string of the molecule is CCn1cc(COc2cc(C)c(S(=O)(=O)Cl)c(C)c2)cn1. The fraction of sp³-hybridized carbons (Fsp3) is 0.357. The average molecular weight is 329 g/mol. The first kappa shape index (κ1) is 15.9. The van der Waals surface area contributed by atoms with Gasteiger partial charge in [0, 0.05) is 29.0 Å². The highest BCUT2D eigenvalue weighted by Crippen LogP contribution is 2.28. The van der Waals surface area contributed by atoms with E-state index in [4.69, 9.17) is 15.4 Å². The second-order valence-electron chi connectivity index (χ2n) is 4.82. The van der Waals surface area contributed by atoms with E-state index in [0.29, 0.717) is 23.5 Å². The van der Waals surface area contributed by atoms with E-state index in [-0.39, 0.29) is 4.90 Å². The molecule has 0 saturated carbocycles. The molecule has 0 atom stereocenters. The quantitative estimate of drug-likeness (QED) is 0.791. The maximum atomic E-state index is 11.5. The fourth-order valence-electron chi connectivity index (χ4n) is 2.20. The Morgan fingerprint density at radius 1 is 1.29 bits per heavy atom. The summed E-state index contributed by atoms with van der Waals surface area (Å²) in [5.41, 5.74) is 2.11. The smallest absolute Gasteiger partial charge is 0.261 e. The molecule has 1 heterocycles. The van der Waals surface area contributed by atoms with E-state index in [0.717, 1.165) is 12.1 Å². The number of benzene rings is 1. The molecule has 5 nitrogen and oxygen atoms in total. The van der Waals surface area contributed by atoms with Crippen molar-refractivity contribution in [3.05, 3.63) is 41.2 Å². The van der Waals surface area contributed by atoms with Gasteiger partial charge in [-0.1, -0.05) is 0 Å². The van der Waals surface area contributed by atoms with Crippen molar-refractivity contribution in [1.29, 1.82) is 0 Å².